The summed E-state index contributed by atoms with van der Waals surface area (Å²) in [5, 5.41) is 26.9. The van der Waals surface area contributed by atoms with Gasteiger partial charge in [-0.25, -0.2) is 0 Å². The molecule has 0 aliphatic heterocycles. The molecule has 0 rings (SSSR count). The van der Waals surface area contributed by atoms with E-state index in [0.717, 1.165) is 0 Å². The molecule has 5 heteroatoms. The van der Waals surface area contributed by atoms with E-state index in [2.05, 4.69) is 0 Å². The molecule has 0 aliphatic carbocycles. The summed E-state index contributed by atoms with van der Waals surface area (Å²) in [4.78, 5) is 9.05. The van der Waals surface area contributed by atoms with Crippen LogP contribution in [0.5, 0.6) is 0 Å². The lowest BCUT2D eigenvalue weighted by Crippen LogP contribution is -2.22. The van der Waals surface area contributed by atoms with Gasteiger partial charge in [0.15, 0.2) is 0 Å². The van der Waals surface area contributed by atoms with Crippen LogP contribution in [0.4, 0.5) is 0 Å². The predicted octanol–water partition coefficient (Wildman–Crippen LogP) is -0.400. The Labute approximate surface area is 58.4 Å². The van der Waals surface area contributed by atoms with Gasteiger partial charge in [-0.05, 0) is 5.92 Å². The molecule has 0 saturated heterocycles. The van der Waals surface area contributed by atoms with E-state index in [1.807, 2.05) is 0 Å². The third kappa shape index (κ3) is 3.37. The summed E-state index contributed by atoms with van der Waals surface area (Å²) >= 11 is 0. The Morgan fingerprint density at radius 3 is 2.50 bits per heavy atom. The third-order valence-electron chi connectivity index (χ3n) is 1.17. The number of aliphatic hydroxyl groups excluding tert-OH is 2. The van der Waals surface area contributed by atoms with Crippen molar-refractivity contribution >= 4 is 0 Å². The first-order valence-electron chi connectivity index (χ1n) is 3.00. The van der Waals surface area contributed by atoms with Gasteiger partial charge in [0, 0.05) is 13.0 Å². The Morgan fingerprint density at radius 2 is 2.20 bits per heavy atom. The van der Waals surface area contributed by atoms with Crippen LogP contribution in [0.2, 0.25) is 0 Å². The Kier molecular flexibility index (Phi) is 3.90. The summed E-state index contributed by atoms with van der Waals surface area (Å²) in [5.41, 5.74) is 0. The summed E-state index contributed by atoms with van der Waals surface area (Å²) in [7, 11) is 0. The van der Waals surface area contributed by atoms with Crippen LogP contribution in [0.1, 0.15) is 13.3 Å². The second-order valence-corrected chi connectivity index (χ2v) is 2.29. The molecule has 2 N–H and O–H groups in total. The second-order valence-electron chi connectivity index (χ2n) is 2.29. The quantitative estimate of drug-likeness (QED) is 0.323. The van der Waals surface area contributed by atoms with Crippen molar-refractivity contribution in [2.45, 2.75) is 19.6 Å². The number of rotatable bonds is 4. The van der Waals surface area contributed by atoms with Gasteiger partial charge >= 0.3 is 6.23 Å². The molecule has 5 nitrogen and oxygen atoms in total. The summed E-state index contributed by atoms with van der Waals surface area (Å²) < 4.78 is 0. The van der Waals surface area contributed by atoms with Crippen molar-refractivity contribution in [3.05, 3.63) is 10.1 Å². The lowest BCUT2D eigenvalue weighted by molar-refractivity contribution is -0.572. The average Bonchev–Trinajstić information content (AvgIpc) is 1.87. The molecule has 0 spiro atoms. The Morgan fingerprint density at radius 1 is 1.70 bits per heavy atom. The van der Waals surface area contributed by atoms with Gasteiger partial charge in [-0.2, -0.15) is 0 Å². The van der Waals surface area contributed by atoms with Gasteiger partial charge in [-0.15, -0.1) is 0 Å². The van der Waals surface area contributed by atoms with Crippen molar-refractivity contribution in [2.24, 2.45) is 5.92 Å². The highest BCUT2D eigenvalue weighted by Crippen LogP contribution is 2.04. The van der Waals surface area contributed by atoms with Crippen molar-refractivity contribution in [3.8, 4) is 0 Å². The molecular weight excluding hydrogens is 138 g/mol. The van der Waals surface area contributed by atoms with Crippen molar-refractivity contribution in [1.82, 2.24) is 0 Å². The van der Waals surface area contributed by atoms with Crippen LogP contribution in [0, 0.1) is 16.0 Å². The zero-order valence-corrected chi connectivity index (χ0v) is 5.73. The minimum absolute atomic E-state index is 0.00347. The highest BCUT2D eigenvalue weighted by atomic mass is 16.7. The summed E-state index contributed by atoms with van der Waals surface area (Å²) in [5.74, 6) is -0.222. The molecule has 0 aromatic carbocycles. The Bertz CT molecular complexity index is 116. The lowest BCUT2D eigenvalue weighted by Gasteiger charge is -2.06. The zero-order valence-electron chi connectivity index (χ0n) is 5.73. The fraction of sp³-hybridized carbons (Fsp3) is 1.00. The van der Waals surface area contributed by atoms with E-state index >= 15 is 0 Å². The summed E-state index contributed by atoms with van der Waals surface area (Å²) in [6, 6.07) is 0. The summed E-state index contributed by atoms with van der Waals surface area (Å²) in [6.07, 6.45) is -1.54. The van der Waals surface area contributed by atoms with Crippen molar-refractivity contribution in [3.63, 3.8) is 0 Å². The van der Waals surface area contributed by atoms with Crippen LogP contribution in [-0.4, -0.2) is 28.0 Å². The number of aliphatic hydroxyl groups is 2. The predicted molar refractivity (Wildman–Crippen MR) is 33.9 cm³/mol. The van der Waals surface area contributed by atoms with Crippen LogP contribution in [0.3, 0.4) is 0 Å². The molecule has 2 atom stereocenters. The SMILES string of the molecule is CC(CO)CC(O)[N+](=O)[O-]. The van der Waals surface area contributed by atoms with Gasteiger partial charge in [0.25, 0.3) is 0 Å². The molecule has 0 radical (unpaired) electrons. The van der Waals surface area contributed by atoms with Crippen molar-refractivity contribution in [2.75, 3.05) is 6.61 Å². The number of nitro groups is 1. The van der Waals surface area contributed by atoms with Crippen LogP contribution in [0.25, 0.3) is 0 Å². The standard InChI is InChI=1S/C5H11NO4/c1-4(3-7)2-5(8)6(9)10/h4-5,7-8H,2-3H2,1H3. The molecule has 2 unspecified atom stereocenters. The topological polar surface area (TPSA) is 83.6 Å². The van der Waals surface area contributed by atoms with Gasteiger partial charge in [-0.1, -0.05) is 6.92 Å². The van der Waals surface area contributed by atoms with Crippen LogP contribution < -0.4 is 0 Å². The molecule has 0 heterocycles. The first-order chi connectivity index (χ1) is 4.57. The van der Waals surface area contributed by atoms with Crippen molar-refractivity contribution in [1.29, 1.82) is 0 Å². The number of nitrogens with zero attached hydrogens (tertiary/aromatic N) is 1. The Balaban J connectivity index is 3.56. The van der Waals surface area contributed by atoms with E-state index in [4.69, 9.17) is 10.2 Å². The smallest absolute Gasteiger partial charge is 0.313 e. The molecule has 0 fully saturated rings. The normalized spacial score (nSPS) is 16.3. The molecule has 0 amide bonds. The maximum atomic E-state index is 9.82. The molecule has 0 saturated carbocycles. The zero-order chi connectivity index (χ0) is 8.15. The van der Waals surface area contributed by atoms with E-state index in [9.17, 15) is 10.1 Å². The first kappa shape index (κ1) is 9.32. The molecule has 0 aliphatic rings. The van der Waals surface area contributed by atoms with E-state index in [0.29, 0.717) is 0 Å². The highest BCUT2D eigenvalue weighted by Gasteiger charge is 2.18. The average molecular weight is 149 g/mol. The van der Waals surface area contributed by atoms with E-state index in [1.54, 1.807) is 6.92 Å². The molecule has 0 aromatic heterocycles. The monoisotopic (exact) mass is 149 g/mol. The highest BCUT2D eigenvalue weighted by molar-refractivity contribution is 4.50. The van der Waals surface area contributed by atoms with E-state index in [-0.39, 0.29) is 18.9 Å². The molecular formula is C5H11NO4. The van der Waals surface area contributed by atoms with Crippen LogP contribution >= 0.6 is 0 Å². The third-order valence-corrected chi connectivity index (χ3v) is 1.17. The van der Waals surface area contributed by atoms with Gasteiger partial charge in [0.1, 0.15) is 0 Å². The molecule has 0 aromatic rings. The fourth-order valence-electron chi connectivity index (χ4n) is 0.520. The van der Waals surface area contributed by atoms with Gasteiger partial charge < -0.3 is 10.2 Å². The minimum atomic E-state index is -1.54. The maximum Gasteiger partial charge on any atom is 0.313 e. The molecule has 10 heavy (non-hydrogen) atoms. The van der Waals surface area contributed by atoms with E-state index in [1.165, 1.54) is 0 Å². The van der Waals surface area contributed by atoms with Gasteiger partial charge in [0.05, 0.1) is 4.92 Å². The maximum absolute atomic E-state index is 9.82. The second kappa shape index (κ2) is 4.19. The molecule has 60 valence electrons. The van der Waals surface area contributed by atoms with E-state index < -0.39 is 11.2 Å². The number of hydrogen-bond acceptors (Lipinski definition) is 4. The van der Waals surface area contributed by atoms with Gasteiger partial charge in [-0.3, -0.25) is 10.1 Å². The minimum Gasteiger partial charge on any atom is -0.396 e. The summed E-state index contributed by atoms with van der Waals surface area (Å²) in [6.45, 7) is 1.50. The van der Waals surface area contributed by atoms with Crippen LogP contribution in [0.15, 0.2) is 0 Å². The Hall–Kier alpha value is -0.680. The molecule has 0 bridgehead atoms. The van der Waals surface area contributed by atoms with Crippen molar-refractivity contribution < 1.29 is 15.1 Å². The number of hydrogen-bond donors (Lipinski definition) is 2. The van der Waals surface area contributed by atoms with Gasteiger partial charge in [0.2, 0.25) is 0 Å². The largest absolute Gasteiger partial charge is 0.396 e. The fourth-order valence-corrected chi connectivity index (χ4v) is 0.520. The lowest BCUT2D eigenvalue weighted by atomic mass is 10.1. The first-order valence-corrected chi connectivity index (χ1v) is 3.00. The van der Waals surface area contributed by atoms with Crippen LogP contribution in [-0.2, 0) is 0 Å².